The summed E-state index contributed by atoms with van der Waals surface area (Å²) in [5.74, 6) is 0.782. The van der Waals surface area contributed by atoms with Crippen LogP contribution in [0.2, 0.25) is 0 Å². The van der Waals surface area contributed by atoms with Crippen molar-refractivity contribution < 1.29 is 15.1 Å². The Balaban J connectivity index is 2.67. The van der Waals surface area contributed by atoms with Crippen LogP contribution in [-0.2, 0) is 5.75 Å². The summed E-state index contributed by atoms with van der Waals surface area (Å²) in [6, 6.07) is 4.88. The monoisotopic (exact) mass is 321 g/mol. The first-order valence-electron chi connectivity index (χ1n) is 4.84. The minimum Gasteiger partial charge on any atom is -0.394 e. The van der Waals surface area contributed by atoms with Crippen molar-refractivity contribution in [2.24, 2.45) is 0 Å². The zero-order valence-corrected chi connectivity index (χ0v) is 11.3. The predicted octanol–water partition coefficient (Wildman–Crippen LogP) is 1.94. The summed E-state index contributed by atoms with van der Waals surface area (Å²) in [4.78, 5) is 10.4. The smallest absolute Gasteiger partial charge is 0.274 e. The second kappa shape index (κ2) is 6.95. The standard InChI is InChI=1S/C10H12BrNO4S/c11-8-2-1-7(10(3-8)12(15)16)5-17-6-9(14)4-13/h1-3,9,13-14H,4-6H2. The van der Waals surface area contributed by atoms with Crippen LogP contribution in [0.4, 0.5) is 5.69 Å². The summed E-state index contributed by atoms with van der Waals surface area (Å²) in [6.07, 6.45) is -0.783. The average Bonchev–Trinajstić information content (AvgIpc) is 2.30. The summed E-state index contributed by atoms with van der Waals surface area (Å²) in [5.41, 5.74) is 0.665. The van der Waals surface area contributed by atoms with Crippen molar-refractivity contribution in [1.82, 2.24) is 0 Å². The van der Waals surface area contributed by atoms with Gasteiger partial charge < -0.3 is 10.2 Å². The zero-order valence-electron chi connectivity index (χ0n) is 8.88. The number of hydrogen-bond acceptors (Lipinski definition) is 5. The SMILES string of the molecule is O=[N+]([O-])c1cc(Br)ccc1CSCC(O)CO. The number of hydrogen-bond donors (Lipinski definition) is 2. The first-order chi connectivity index (χ1) is 8.04. The highest BCUT2D eigenvalue weighted by Crippen LogP contribution is 2.27. The summed E-state index contributed by atoms with van der Waals surface area (Å²) in [5, 5.41) is 28.6. The number of aliphatic hydroxyl groups excluding tert-OH is 2. The number of thioether (sulfide) groups is 1. The van der Waals surface area contributed by atoms with E-state index in [1.54, 1.807) is 12.1 Å². The first-order valence-corrected chi connectivity index (χ1v) is 6.79. The maximum Gasteiger partial charge on any atom is 0.274 e. The van der Waals surface area contributed by atoms with Gasteiger partial charge in [0.1, 0.15) is 0 Å². The summed E-state index contributed by atoms with van der Waals surface area (Å²) < 4.78 is 0.661. The van der Waals surface area contributed by atoms with Gasteiger partial charge in [-0.05, 0) is 6.07 Å². The fourth-order valence-corrected chi connectivity index (χ4v) is 2.49. The quantitative estimate of drug-likeness (QED) is 0.618. The molecule has 1 aromatic rings. The fourth-order valence-electron chi connectivity index (χ4n) is 1.19. The molecule has 17 heavy (non-hydrogen) atoms. The van der Waals surface area contributed by atoms with E-state index < -0.39 is 11.0 Å². The van der Waals surface area contributed by atoms with Crippen molar-refractivity contribution in [3.63, 3.8) is 0 Å². The number of nitro benzene ring substituents is 1. The maximum atomic E-state index is 10.8. The molecule has 0 saturated heterocycles. The van der Waals surface area contributed by atoms with Crippen molar-refractivity contribution in [2.45, 2.75) is 11.9 Å². The molecule has 0 bridgehead atoms. The van der Waals surface area contributed by atoms with E-state index in [0.717, 1.165) is 0 Å². The lowest BCUT2D eigenvalue weighted by molar-refractivity contribution is -0.385. The third-order valence-electron chi connectivity index (χ3n) is 2.02. The first kappa shape index (κ1) is 14.4. The van der Waals surface area contributed by atoms with Gasteiger partial charge in [-0.3, -0.25) is 10.1 Å². The van der Waals surface area contributed by atoms with Crippen molar-refractivity contribution in [2.75, 3.05) is 12.4 Å². The lowest BCUT2D eigenvalue weighted by atomic mass is 10.2. The molecule has 0 aliphatic carbocycles. The van der Waals surface area contributed by atoms with Gasteiger partial charge in [0.05, 0.1) is 17.6 Å². The highest BCUT2D eigenvalue weighted by Gasteiger charge is 2.14. The highest BCUT2D eigenvalue weighted by atomic mass is 79.9. The zero-order chi connectivity index (χ0) is 12.8. The van der Waals surface area contributed by atoms with Crippen LogP contribution in [0, 0.1) is 10.1 Å². The van der Waals surface area contributed by atoms with Crippen LogP contribution in [-0.4, -0.2) is 33.6 Å². The van der Waals surface area contributed by atoms with Crippen molar-refractivity contribution in [3.05, 3.63) is 38.3 Å². The molecule has 1 aromatic carbocycles. The Kier molecular flexibility index (Phi) is 5.90. The molecule has 7 heteroatoms. The molecule has 0 spiro atoms. The lowest BCUT2D eigenvalue weighted by Gasteiger charge is -2.07. The molecule has 0 heterocycles. The molecule has 0 aliphatic heterocycles. The predicted molar refractivity (Wildman–Crippen MR) is 70.1 cm³/mol. The number of rotatable bonds is 6. The normalized spacial score (nSPS) is 12.4. The van der Waals surface area contributed by atoms with E-state index in [1.165, 1.54) is 17.8 Å². The van der Waals surface area contributed by atoms with Gasteiger partial charge in [-0.25, -0.2) is 0 Å². The van der Waals surface area contributed by atoms with Crippen LogP contribution in [0.3, 0.4) is 0 Å². The Labute approximate surface area is 111 Å². The molecule has 1 rings (SSSR count). The lowest BCUT2D eigenvalue weighted by Crippen LogP contribution is -2.14. The second-order valence-electron chi connectivity index (χ2n) is 3.38. The summed E-state index contributed by atoms with van der Waals surface area (Å²) >= 11 is 4.53. The Morgan fingerprint density at radius 2 is 2.24 bits per heavy atom. The van der Waals surface area contributed by atoms with Gasteiger partial charge in [0.2, 0.25) is 0 Å². The Bertz CT molecular complexity index is 402. The summed E-state index contributed by atoms with van der Waals surface area (Å²) in [6.45, 7) is -0.296. The van der Waals surface area contributed by atoms with Crippen LogP contribution >= 0.6 is 27.7 Å². The molecule has 0 radical (unpaired) electrons. The maximum absolute atomic E-state index is 10.8. The Morgan fingerprint density at radius 1 is 1.53 bits per heavy atom. The average molecular weight is 322 g/mol. The van der Waals surface area contributed by atoms with Crippen LogP contribution in [0.15, 0.2) is 22.7 Å². The van der Waals surface area contributed by atoms with E-state index in [-0.39, 0.29) is 12.3 Å². The minimum atomic E-state index is -0.783. The number of aliphatic hydroxyl groups is 2. The molecular weight excluding hydrogens is 310 g/mol. The van der Waals surface area contributed by atoms with Gasteiger partial charge >= 0.3 is 0 Å². The number of benzene rings is 1. The highest BCUT2D eigenvalue weighted by molar-refractivity contribution is 9.10. The molecule has 0 fully saturated rings. The van der Waals surface area contributed by atoms with Crippen molar-refractivity contribution in [3.8, 4) is 0 Å². The Morgan fingerprint density at radius 3 is 2.82 bits per heavy atom. The molecule has 0 amide bonds. The minimum absolute atomic E-state index is 0.0605. The van der Waals surface area contributed by atoms with Gasteiger partial charge in [-0.1, -0.05) is 22.0 Å². The van der Waals surface area contributed by atoms with Gasteiger partial charge in [0.25, 0.3) is 5.69 Å². The van der Waals surface area contributed by atoms with E-state index in [1.807, 2.05) is 0 Å². The number of halogens is 1. The fraction of sp³-hybridized carbons (Fsp3) is 0.400. The Hall–Kier alpha value is -0.630. The largest absolute Gasteiger partial charge is 0.394 e. The molecule has 1 unspecified atom stereocenters. The molecule has 94 valence electrons. The third-order valence-corrected chi connectivity index (χ3v) is 3.65. The third kappa shape index (κ3) is 4.63. The number of nitro groups is 1. The summed E-state index contributed by atoms with van der Waals surface area (Å²) in [7, 11) is 0. The molecule has 0 aliphatic rings. The van der Waals surface area contributed by atoms with E-state index in [0.29, 0.717) is 21.5 Å². The molecule has 1 atom stereocenters. The molecule has 0 aromatic heterocycles. The molecule has 5 nitrogen and oxygen atoms in total. The van der Waals surface area contributed by atoms with E-state index >= 15 is 0 Å². The van der Waals surface area contributed by atoms with Gasteiger partial charge in [-0.2, -0.15) is 11.8 Å². The van der Waals surface area contributed by atoms with Crippen LogP contribution in [0.5, 0.6) is 0 Å². The van der Waals surface area contributed by atoms with Crippen molar-refractivity contribution in [1.29, 1.82) is 0 Å². The van der Waals surface area contributed by atoms with E-state index in [2.05, 4.69) is 15.9 Å². The van der Waals surface area contributed by atoms with Crippen LogP contribution < -0.4 is 0 Å². The van der Waals surface area contributed by atoms with Crippen LogP contribution in [0.1, 0.15) is 5.56 Å². The van der Waals surface area contributed by atoms with Gasteiger partial charge in [-0.15, -0.1) is 0 Å². The van der Waals surface area contributed by atoms with Gasteiger partial charge in [0, 0.05) is 27.6 Å². The van der Waals surface area contributed by atoms with Crippen LogP contribution in [0.25, 0.3) is 0 Å². The van der Waals surface area contributed by atoms with Crippen molar-refractivity contribution >= 4 is 33.4 Å². The topological polar surface area (TPSA) is 83.6 Å². The molecule has 2 N–H and O–H groups in total. The number of nitrogens with zero attached hydrogens (tertiary/aromatic N) is 1. The second-order valence-corrected chi connectivity index (χ2v) is 5.33. The molecular formula is C10H12BrNO4S. The van der Waals surface area contributed by atoms with E-state index in [9.17, 15) is 10.1 Å². The molecule has 0 saturated carbocycles. The van der Waals surface area contributed by atoms with E-state index in [4.69, 9.17) is 10.2 Å². The van der Waals surface area contributed by atoms with Gasteiger partial charge in [0.15, 0.2) is 0 Å².